The number of hydrogen-bond acceptors (Lipinski definition) is 8. The number of carbonyl (C=O) groups is 1. The van der Waals surface area contributed by atoms with Crippen LogP contribution in [0.2, 0.25) is 0 Å². The maximum Gasteiger partial charge on any atom is 0.327 e. The predicted molar refractivity (Wildman–Crippen MR) is 120 cm³/mol. The van der Waals surface area contributed by atoms with Crippen molar-refractivity contribution in [3.05, 3.63) is 0 Å². The number of aliphatic hydroxyl groups is 3. The third kappa shape index (κ3) is 5.19. The third-order valence-corrected chi connectivity index (χ3v) is 8.53. The second-order valence-electron chi connectivity index (χ2n) is 10.4. The quantitative estimate of drug-likeness (QED) is 0.325. The second kappa shape index (κ2) is 10.6. The number of hydrogen-bond donors (Lipinski definition) is 6. The van der Waals surface area contributed by atoms with Gasteiger partial charge < -0.3 is 39.7 Å². The minimum Gasteiger partial charge on any atom is -0.391 e. The fraction of sp³-hybridized carbons (Fsp3) is 0.955. The van der Waals surface area contributed by atoms with E-state index in [1.807, 2.05) is 0 Å². The first-order valence-electron chi connectivity index (χ1n) is 12.4. The van der Waals surface area contributed by atoms with Crippen molar-refractivity contribution in [3.63, 3.8) is 0 Å². The molecular formula is C22H39N2O8P. The molecule has 0 aromatic rings. The average molecular weight is 491 g/mol. The van der Waals surface area contributed by atoms with Gasteiger partial charge in [0, 0.05) is 0 Å². The molecule has 0 radical (unpaired) electrons. The van der Waals surface area contributed by atoms with Crippen LogP contribution in [-0.2, 0) is 9.26 Å². The van der Waals surface area contributed by atoms with Crippen molar-refractivity contribution in [2.45, 2.75) is 125 Å². The molecule has 11 heteroatoms. The van der Waals surface area contributed by atoms with Gasteiger partial charge in [0.25, 0.3) is 0 Å². The Morgan fingerprint density at radius 3 is 2.21 bits per heavy atom. The molecule has 4 fully saturated rings. The summed E-state index contributed by atoms with van der Waals surface area (Å²) in [5, 5.41) is 35.5. The Kier molecular flexibility index (Phi) is 8.18. The Morgan fingerprint density at radius 1 is 0.970 bits per heavy atom. The van der Waals surface area contributed by atoms with Crippen LogP contribution in [0.1, 0.15) is 83.5 Å². The van der Waals surface area contributed by atoms with Crippen LogP contribution < -0.4 is 5.32 Å². The lowest BCUT2D eigenvalue weighted by molar-refractivity contribution is -0.121. The van der Waals surface area contributed by atoms with Crippen LogP contribution in [0.3, 0.4) is 0 Å². The molecule has 10 nitrogen and oxygen atoms in total. The van der Waals surface area contributed by atoms with E-state index in [-0.39, 0.29) is 6.61 Å². The molecule has 7 unspecified atom stereocenters. The highest BCUT2D eigenvalue weighted by Gasteiger charge is 2.65. The summed E-state index contributed by atoms with van der Waals surface area (Å²) in [4.78, 5) is 33.1. The van der Waals surface area contributed by atoms with E-state index in [0.29, 0.717) is 19.3 Å². The van der Waals surface area contributed by atoms with Crippen molar-refractivity contribution in [2.75, 3.05) is 6.61 Å². The molecule has 7 atom stereocenters. The van der Waals surface area contributed by atoms with Gasteiger partial charge in [0.15, 0.2) is 6.23 Å². The normalized spacial score (nSPS) is 42.9. The summed E-state index contributed by atoms with van der Waals surface area (Å²) in [5.74, 6) is 0. The van der Waals surface area contributed by atoms with Gasteiger partial charge in [-0.25, -0.2) is 4.79 Å². The Hall–Kier alpha value is -0.580. The van der Waals surface area contributed by atoms with E-state index >= 15 is 0 Å². The number of carbonyl (C=O) groups excluding carboxylic acids is 1. The summed E-state index contributed by atoms with van der Waals surface area (Å²) in [7, 11) is -2.63. The SMILES string of the molecule is O=C1NC23CCCCCCCCCCCC(CC2O)(C3)N1C1OC(COP(O)O)C(O)C1O. The number of amides is 2. The van der Waals surface area contributed by atoms with E-state index in [1.165, 1.54) is 30.6 Å². The van der Waals surface area contributed by atoms with E-state index in [1.54, 1.807) is 0 Å². The predicted octanol–water partition coefficient (Wildman–Crippen LogP) is 1.62. The Morgan fingerprint density at radius 2 is 1.58 bits per heavy atom. The van der Waals surface area contributed by atoms with Crippen molar-refractivity contribution >= 4 is 14.6 Å². The molecule has 4 aliphatic rings. The standard InChI is InChI=1S/C22H39N2O8P/c25-16-12-21-10-8-6-4-2-1-3-5-7-9-11-22(16,14-21)23-20(28)24(21)19-18(27)17(26)15(32-19)13-31-33(29)30/h15-19,25-27,29-30H,1-14H2,(H,23,28). The van der Waals surface area contributed by atoms with Crippen LogP contribution in [0.5, 0.6) is 0 Å². The molecule has 0 aromatic heterocycles. The van der Waals surface area contributed by atoms with Crippen LogP contribution >= 0.6 is 8.60 Å². The van der Waals surface area contributed by atoms with Gasteiger partial charge in [0.2, 0.25) is 0 Å². The van der Waals surface area contributed by atoms with Crippen LogP contribution in [-0.4, -0.2) is 84.4 Å². The number of rotatable bonds is 4. The van der Waals surface area contributed by atoms with Crippen molar-refractivity contribution in [3.8, 4) is 0 Å². The Bertz CT molecular complexity index is 687. The monoisotopic (exact) mass is 490 g/mol. The molecule has 2 amide bonds. The minimum absolute atomic E-state index is 0.317. The van der Waals surface area contributed by atoms with E-state index in [9.17, 15) is 20.1 Å². The molecule has 2 bridgehead atoms. The lowest BCUT2D eigenvalue weighted by atomic mass is 9.80. The van der Waals surface area contributed by atoms with Gasteiger partial charge in [-0.15, -0.1) is 0 Å². The summed E-state index contributed by atoms with van der Waals surface area (Å²) in [6.45, 7) is -0.317. The summed E-state index contributed by atoms with van der Waals surface area (Å²) in [6, 6.07) is -0.394. The molecule has 0 spiro atoms. The maximum atomic E-state index is 13.5. The molecule has 0 aromatic carbocycles. The van der Waals surface area contributed by atoms with Gasteiger partial charge in [-0.3, -0.25) is 4.90 Å². The fourth-order valence-electron chi connectivity index (χ4n) is 6.50. The molecule has 6 N–H and O–H groups in total. The Labute approximate surface area is 196 Å². The van der Waals surface area contributed by atoms with Crippen molar-refractivity contribution in [1.29, 1.82) is 0 Å². The molecule has 2 saturated carbocycles. The molecule has 33 heavy (non-hydrogen) atoms. The highest BCUT2D eigenvalue weighted by molar-refractivity contribution is 7.39. The van der Waals surface area contributed by atoms with Crippen LogP contribution in [0, 0.1) is 0 Å². The van der Waals surface area contributed by atoms with Crippen LogP contribution in [0.25, 0.3) is 0 Å². The summed E-state index contributed by atoms with van der Waals surface area (Å²) in [5.41, 5.74) is -1.35. The van der Waals surface area contributed by atoms with Gasteiger partial charge in [-0.2, -0.15) is 0 Å². The summed E-state index contributed by atoms with van der Waals surface area (Å²) >= 11 is 0. The van der Waals surface area contributed by atoms with Crippen LogP contribution in [0.15, 0.2) is 0 Å². The number of ether oxygens (including phenoxy) is 1. The first-order chi connectivity index (χ1) is 15.8. The minimum atomic E-state index is -2.63. The molecule has 2 saturated heterocycles. The van der Waals surface area contributed by atoms with E-state index in [0.717, 1.165) is 38.5 Å². The molecule has 4 rings (SSSR count). The van der Waals surface area contributed by atoms with Crippen molar-refractivity contribution < 1.29 is 39.2 Å². The zero-order chi connectivity index (χ0) is 23.6. The van der Waals surface area contributed by atoms with Gasteiger partial charge in [0.1, 0.15) is 18.3 Å². The number of aliphatic hydroxyl groups excluding tert-OH is 3. The first kappa shape index (κ1) is 25.5. The van der Waals surface area contributed by atoms with E-state index in [4.69, 9.17) is 19.0 Å². The van der Waals surface area contributed by atoms with Gasteiger partial charge in [0.05, 0.1) is 23.8 Å². The highest BCUT2D eigenvalue weighted by atomic mass is 31.2. The maximum absolute atomic E-state index is 13.5. The topological polar surface area (TPSA) is 152 Å². The molecular weight excluding hydrogens is 451 g/mol. The van der Waals surface area contributed by atoms with E-state index < -0.39 is 56.4 Å². The lowest BCUT2D eigenvalue weighted by Crippen LogP contribution is -2.69. The number of urea groups is 1. The fourth-order valence-corrected chi connectivity index (χ4v) is 6.78. The van der Waals surface area contributed by atoms with Gasteiger partial charge in [-0.1, -0.05) is 57.8 Å². The highest BCUT2D eigenvalue weighted by Crippen LogP contribution is 2.52. The van der Waals surface area contributed by atoms with Gasteiger partial charge in [-0.05, 0) is 25.7 Å². The van der Waals surface area contributed by atoms with Crippen molar-refractivity contribution in [1.82, 2.24) is 10.2 Å². The number of nitrogens with one attached hydrogen (secondary N) is 1. The zero-order valence-electron chi connectivity index (χ0n) is 19.1. The molecule has 2 aliphatic heterocycles. The molecule has 2 heterocycles. The molecule has 2 aliphatic carbocycles. The average Bonchev–Trinajstić information content (AvgIpc) is 3.16. The largest absolute Gasteiger partial charge is 0.391 e. The van der Waals surface area contributed by atoms with E-state index in [2.05, 4.69) is 5.32 Å². The number of nitrogens with zero attached hydrogens (tertiary/aromatic N) is 1. The third-order valence-electron chi connectivity index (χ3n) is 8.15. The smallest absolute Gasteiger partial charge is 0.327 e. The Balaban J connectivity index is 1.58. The van der Waals surface area contributed by atoms with Gasteiger partial charge >= 0.3 is 14.6 Å². The lowest BCUT2D eigenvalue weighted by Gasteiger charge is -2.51. The van der Waals surface area contributed by atoms with Crippen LogP contribution in [0.4, 0.5) is 4.79 Å². The zero-order valence-corrected chi connectivity index (χ0v) is 20.0. The van der Waals surface area contributed by atoms with Crippen molar-refractivity contribution in [2.24, 2.45) is 0 Å². The summed E-state index contributed by atoms with van der Waals surface area (Å²) < 4.78 is 10.7. The molecule has 190 valence electrons. The second-order valence-corrected chi connectivity index (χ2v) is 11.1. The summed E-state index contributed by atoms with van der Waals surface area (Å²) in [6.07, 6.45) is 6.85. The first-order valence-corrected chi connectivity index (χ1v) is 13.6.